The van der Waals surface area contributed by atoms with E-state index in [4.69, 9.17) is 15.2 Å². The van der Waals surface area contributed by atoms with Crippen LogP contribution < -0.4 is 21.7 Å². The molecule has 1 aromatic heterocycles. The molecule has 0 atom stereocenters. The lowest BCUT2D eigenvalue weighted by Gasteiger charge is -2.11. The molecular weight excluding hydrogens is 378 g/mol. The van der Waals surface area contributed by atoms with E-state index in [0.29, 0.717) is 24.7 Å². The van der Waals surface area contributed by atoms with Gasteiger partial charge in [-0.3, -0.25) is 19.1 Å². The van der Waals surface area contributed by atoms with Crippen LogP contribution in [0.15, 0.2) is 33.9 Å². The highest BCUT2D eigenvalue weighted by Crippen LogP contribution is 2.14. The molecule has 0 unspecified atom stereocenters. The lowest BCUT2D eigenvalue weighted by atomic mass is 10.2. The minimum Gasteiger partial charge on any atom is -0.493 e. The first-order chi connectivity index (χ1) is 13.7. The van der Waals surface area contributed by atoms with Gasteiger partial charge in [-0.1, -0.05) is 20.8 Å². The second-order valence-corrected chi connectivity index (χ2v) is 6.90. The molecule has 29 heavy (non-hydrogen) atoms. The van der Waals surface area contributed by atoms with Crippen molar-refractivity contribution in [1.82, 2.24) is 9.55 Å². The summed E-state index contributed by atoms with van der Waals surface area (Å²) in [5.41, 5.74) is 4.05. The Morgan fingerprint density at radius 1 is 1.17 bits per heavy atom. The number of ether oxygens (including phenoxy) is 2. The Kier molecular flexibility index (Phi) is 7.35. The zero-order chi connectivity index (χ0) is 21.6. The van der Waals surface area contributed by atoms with E-state index in [1.54, 1.807) is 12.1 Å². The molecule has 1 aromatic carbocycles. The van der Waals surface area contributed by atoms with Gasteiger partial charge in [0.2, 0.25) is 5.78 Å². The number of carbonyl (C=O) groups excluding carboxylic acids is 2. The highest BCUT2D eigenvalue weighted by Gasteiger charge is 2.21. The number of nitrogens with zero attached hydrogens (tertiary/aromatic N) is 1. The van der Waals surface area contributed by atoms with E-state index in [9.17, 15) is 19.2 Å². The van der Waals surface area contributed by atoms with Crippen LogP contribution in [0.1, 0.15) is 47.9 Å². The van der Waals surface area contributed by atoms with E-state index >= 15 is 0 Å². The van der Waals surface area contributed by atoms with Crippen molar-refractivity contribution in [2.45, 2.75) is 33.7 Å². The van der Waals surface area contributed by atoms with Crippen LogP contribution in [0.25, 0.3) is 0 Å². The molecule has 0 spiro atoms. The SMILES string of the molecule is CCCn1c(N)c(C(=O)COC(=O)c2ccc(OCC(C)C)cc2)c(=O)[nH]c1=O. The standard InChI is InChI=1S/C20H25N3O6/c1-4-9-23-17(21)16(18(25)22-20(23)27)15(24)11-29-19(26)13-5-7-14(8-6-13)28-10-12(2)3/h5-8,12H,4,9-11,21H2,1-3H3,(H,22,25,27). The zero-order valence-corrected chi connectivity index (χ0v) is 16.7. The van der Waals surface area contributed by atoms with Crippen LogP contribution in [0.4, 0.5) is 5.82 Å². The first-order valence-electron chi connectivity index (χ1n) is 9.30. The maximum Gasteiger partial charge on any atom is 0.338 e. The quantitative estimate of drug-likeness (QED) is 0.480. The van der Waals surface area contributed by atoms with Gasteiger partial charge in [0.05, 0.1) is 12.2 Å². The van der Waals surface area contributed by atoms with E-state index in [1.807, 2.05) is 20.8 Å². The Morgan fingerprint density at radius 2 is 1.83 bits per heavy atom. The van der Waals surface area contributed by atoms with Gasteiger partial charge in [-0.2, -0.15) is 0 Å². The maximum atomic E-state index is 12.4. The number of nitrogen functional groups attached to an aromatic ring is 1. The Balaban J connectivity index is 2.07. The second-order valence-electron chi connectivity index (χ2n) is 6.90. The third kappa shape index (κ3) is 5.56. The zero-order valence-electron chi connectivity index (χ0n) is 16.7. The number of aromatic nitrogens is 2. The predicted octanol–water partition coefficient (Wildman–Crippen LogP) is 1.60. The number of anilines is 1. The van der Waals surface area contributed by atoms with E-state index in [-0.39, 0.29) is 17.9 Å². The minimum absolute atomic E-state index is 0.229. The molecular formula is C20H25N3O6. The van der Waals surface area contributed by atoms with Crippen molar-refractivity contribution < 1.29 is 19.1 Å². The van der Waals surface area contributed by atoms with Crippen LogP contribution in [-0.4, -0.2) is 34.5 Å². The van der Waals surface area contributed by atoms with Crippen molar-refractivity contribution in [1.29, 1.82) is 0 Å². The van der Waals surface area contributed by atoms with Crippen molar-refractivity contribution >= 4 is 17.6 Å². The fraction of sp³-hybridized carbons (Fsp3) is 0.400. The summed E-state index contributed by atoms with van der Waals surface area (Å²) in [5.74, 6) is -0.783. The molecule has 156 valence electrons. The molecule has 3 N–H and O–H groups in total. The molecule has 0 aliphatic rings. The van der Waals surface area contributed by atoms with Gasteiger partial charge >= 0.3 is 11.7 Å². The lowest BCUT2D eigenvalue weighted by Crippen LogP contribution is -2.37. The number of nitrogens with two attached hydrogens (primary N) is 1. The van der Waals surface area contributed by atoms with Gasteiger partial charge in [-0.25, -0.2) is 9.59 Å². The molecule has 0 bridgehead atoms. The number of aromatic amines is 1. The van der Waals surface area contributed by atoms with Crippen molar-refractivity contribution in [3.8, 4) is 5.75 Å². The average Bonchev–Trinajstić information content (AvgIpc) is 2.68. The van der Waals surface area contributed by atoms with Gasteiger partial charge in [0, 0.05) is 6.54 Å². The minimum atomic E-state index is -0.910. The van der Waals surface area contributed by atoms with Crippen LogP contribution >= 0.6 is 0 Å². The summed E-state index contributed by atoms with van der Waals surface area (Å²) in [6.07, 6.45) is 0.579. The van der Waals surface area contributed by atoms with Crippen LogP contribution in [0.5, 0.6) is 5.75 Å². The molecule has 2 aromatic rings. The number of ketones is 1. The number of benzene rings is 1. The molecule has 2 rings (SSSR count). The summed E-state index contributed by atoms with van der Waals surface area (Å²) >= 11 is 0. The van der Waals surface area contributed by atoms with Crippen molar-refractivity contribution in [2.75, 3.05) is 18.9 Å². The molecule has 0 amide bonds. The Bertz CT molecular complexity index is 989. The van der Waals surface area contributed by atoms with Gasteiger partial charge in [-0.15, -0.1) is 0 Å². The fourth-order valence-electron chi connectivity index (χ4n) is 2.54. The highest BCUT2D eigenvalue weighted by atomic mass is 16.5. The van der Waals surface area contributed by atoms with Gasteiger partial charge < -0.3 is 15.2 Å². The van der Waals surface area contributed by atoms with Crippen LogP contribution in [-0.2, 0) is 11.3 Å². The Morgan fingerprint density at radius 3 is 2.41 bits per heavy atom. The summed E-state index contributed by atoms with van der Waals surface area (Å²) < 4.78 is 11.6. The summed E-state index contributed by atoms with van der Waals surface area (Å²) in [6, 6.07) is 6.30. The molecule has 9 nitrogen and oxygen atoms in total. The lowest BCUT2D eigenvalue weighted by molar-refractivity contribution is 0.0474. The van der Waals surface area contributed by atoms with Crippen molar-refractivity contribution in [3.05, 3.63) is 56.2 Å². The number of hydrogen-bond acceptors (Lipinski definition) is 7. The fourth-order valence-corrected chi connectivity index (χ4v) is 2.54. The van der Waals surface area contributed by atoms with Gasteiger partial charge in [0.25, 0.3) is 5.56 Å². The molecule has 0 aliphatic heterocycles. The number of carbonyl (C=O) groups is 2. The largest absolute Gasteiger partial charge is 0.493 e. The molecule has 9 heteroatoms. The van der Waals surface area contributed by atoms with Crippen LogP contribution in [0.3, 0.4) is 0 Å². The Labute approximate surface area is 167 Å². The van der Waals surface area contributed by atoms with Crippen LogP contribution in [0, 0.1) is 5.92 Å². The van der Waals surface area contributed by atoms with Gasteiger partial charge in [0.1, 0.15) is 17.1 Å². The molecule has 0 saturated heterocycles. The third-order valence-electron chi connectivity index (χ3n) is 3.97. The van der Waals surface area contributed by atoms with E-state index in [2.05, 4.69) is 4.98 Å². The smallest absolute Gasteiger partial charge is 0.338 e. The molecule has 1 heterocycles. The number of hydrogen-bond donors (Lipinski definition) is 2. The van der Waals surface area contributed by atoms with E-state index < -0.39 is 35.2 Å². The first-order valence-corrected chi connectivity index (χ1v) is 9.30. The maximum absolute atomic E-state index is 12.4. The highest BCUT2D eigenvalue weighted by molar-refractivity contribution is 6.02. The summed E-state index contributed by atoms with van der Waals surface area (Å²) in [6.45, 7) is 5.98. The topological polar surface area (TPSA) is 133 Å². The first kappa shape index (κ1) is 21.9. The van der Waals surface area contributed by atoms with Gasteiger partial charge in [0.15, 0.2) is 6.61 Å². The Hall–Kier alpha value is -3.36. The number of nitrogens with one attached hydrogen (secondary N) is 1. The molecule has 0 radical (unpaired) electrons. The van der Waals surface area contributed by atoms with Crippen molar-refractivity contribution in [3.63, 3.8) is 0 Å². The average molecular weight is 403 g/mol. The van der Waals surface area contributed by atoms with E-state index in [0.717, 1.165) is 4.57 Å². The summed E-state index contributed by atoms with van der Waals surface area (Å²) in [4.78, 5) is 50.4. The summed E-state index contributed by atoms with van der Waals surface area (Å²) in [5, 5.41) is 0. The van der Waals surface area contributed by atoms with Gasteiger partial charge in [-0.05, 0) is 36.6 Å². The van der Waals surface area contributed by atoms with Crippen LogP contribution in [0.2, 0.25) is 0 Å². The molecule has 0 aliphatic carbocycles. The normalized spacial score (nSPS) is 10.8. The number of esters is 1. The van der Waals surface area contributed by atoms with E-state index in [1.165, 1.54) is 12.1 Å². The van der Waals surface area contributed by atoms with Crippen molar-refractivity contribution in [2.24, 2.45) is 5.92 Å². The number of H-pyrrole nitrogens is 1. The molecule has 0 saturated carbocycles. The summed E-state index contributed by atoms with van der Waals surface area (Å²) in [7, 11) is 0. The third-order valence-corrected chi connectivity index (χ3v) is 3.97. The molecule has 0 fully saturated rings. The monoisotopic (exact) mass is 403 g/mol. The number of Topliss-reactive ketones (excluding diaryl/α,β-unsaturated/α-hetero) is 1. The second kappa shape index (κ2) is 9.72. The predicted molar refractivity (Wildman–Crippen MR) is 107 cm³/mol. The number of rotatable bonds is 9.